The maximum absolute atomic E-state index is 5.85. The molecule has 0 saturated carbocycles. The summed E-state index contributed by atoms with van der Waals surface area (Å²) in [5.74, 6) is 1.00. The highest BCUT2D eigenvalue weighted by Crippen LogP contribution is 2.25. The van der Waals surface area contributed by atoms with E-state index in [1.165, 1.54) is 12.0 Å². The van der Waals surface area contributed by atoms with E-state index in [0.717, 1.165) is 38.5 Å². The van der Waals surface area contributed by atoms with Crippen LogP contribution in [0.25, 0.3) is 0 Å². The van der Waals surface area contributed by atoms with Crippen molar-refractivity contribution in [1.29, 1.82) is 0 Å². The van der Waals surface area contributed by atoms with Gasteiger partial charge >= 0.3 is 0 Å². The molecule has 0 radical (unpaired) electrons. The molecule has 1 aromatic rings. The summed E-state index contributed by atoms with van der Waals surface area (Å²) < 4.78 is 5.85. The van der Waals surface area contributed by atoms with Crippen molar-refractivity contribution in [3.8, 4) is 5.75 Å². The maximum Gasteiger partial charge on any atom is 0.122 e. The highest BCUT2D eigenvalue weighted by molar-refractivity contribution is 5.85. The number of benzene rings is 1. The minimum Gasteiger partial charge on any atom is -0.492 e. The molecule has 4 heteroatoms. The molecule has 1 heterocycles. The molecule has 1 unspecified atom stereocenters. The number of halogens is 1. The lowest BCUT2D eigenvalue weighted by atomic mass is 9.89. The third-order valence-electron chi connectivity index (χ3n) is 3.93. The fourth-order valence-corrected chi connectivity index (χ4v) is 2.76. The molecule has 1 fully saturated rings. The Bertz CT molecular complexity index is 405. The lowest BCUT2D eigenvalue weighted by Crippen LogP contribution is -2.37. The van der Waals surface area contributed by atoms with Crippen LogP contribution >= 0.6 is 12.4 Å². The molecular weight excluding hydrogens is 272 g/mol. The van der Waals surface area contributed by atoms with Gasteiger partial charge in [0.15, 0.2) is 0 Å². The minimum absolute atomic E-state index is 0. The van der Waals surface area contributed by atoms with Gasteiger partial charge in [-0.05, 0) is 44.0 Å². The van der Waals surface area contributed by atoms with Crippen LogP contribution < -0.4 is 10.1 Å². The van der Waals surface area contributed by atoms with Gasteiger partial charge in [-0.15, -0.1) is 12.4 Å². The van der Waals surface area contributed by atoms with Crippen molar-refractivity contribution in [3.05, 3.63) is 29.8 Å². The van der Waals surface area contributed by atoms with Crippen LogP contribution in [0.15, 0.2) is 24.3 Å². The van der Waals surface area contributed by atoms with Crippen molar-refractivity contribution in [1.82, 2.24) is 10.2 Å². The first-order valence-electron chi connectivity index (χ1n) is 7.17. The van der Waals surface area contributed by atoms with Gasteiger partial charge in [0.1, 0.15) is 12.4 Å². The second kappa shape index (κ2) is 7.87. The normalized spacial score (nSPS) is 21.8. The molecule has 1 atom stereocenters. The topological polar surface area (TPSA) is 24.5 Å². The van der Waals surface area contributed by atoms with Crippen LogP contribution in [0.2, 0.25) is 0 Å². The van der Waals surface area contributed by atoms with Crippen molar-refractivity contribution >= 4 is 12.4 Å². The van der Waals surface area contributed by atoms with Gasteiger partial charge in [-0.3, -0.25) is 0 Å². The predicted molar refractivity (Wildman–Crippen MR) is 87.0 cm³/mol. The smallest absolute Gasteiger partial charge is 0.122 e. The van der Waals surface area contributed by atoms with E-state index in [0.29, 0.717) is 5.41 Å². The van der Waals surface area contributed by atoms with Crippen molar-refractivity contribution in [2.75, 3.05) is 39.8 Å². The van der Waals surface area contributed by atoms with Gasteiger partial charge in [0.2, 0.25) is 0 Å². The predicted octanol–water partition coefficient (Wildman–Crippen LogP) is 2.73. The lowest BCUT2D eigenvalue weighted by molar-refractivity contribution is 0.177. The molecule has 3 nitrogen and oxygen atoms in total. The Kier molecular flexibility index (Phi) is 6.80. The van der Waals surface area contributed by atoms with E-state index >= 15 is 0 Å². The van der Waals surface area contributed by atoms with Crippen LogP contribution in [0.4, 0.5) is 0 Å². The van der Waals surface area contributed by atoms with E-state index in [2.05, 4.69) is 37.2 Å². The number of likely N-dealkylation sites (N-methyl/N-ethyl adjacent to an activating group) is 1. The van der Waals surface area contributed by atoms with Crippen LogP contribution in [-0.4, -0.2) is 44.7 Å². The molecule has 1 N–H and O–H groups in total. The van der Waals surface area contributed by atoms with Gasteiger partial charge in [-0.25, -0.2) is 0 Å². The molecule has 0 aromatic heterocycles. The molecule has 2 rings (SSSR count). The zero-order valence-electron chi connectivity index (χ0n) is 12.8. The molecule has 1 saturated heterocycles. The summed E-state index contributed by atoms with van der Waals surface area (Å²) >= 11 is 0. The standard InChI is InChI=1S/C16H26N2O.ClH/c1-14-6-4-5-7-15(14)19-11-10-18(3)13-16(2)8-9-17-12-16;/h4-7,17H,8-13H2,1-3H3;1H. The van der Waals surface area contributed by atoms with E-state index in [4.69, 9.17) is 4.74 Å². The number of hydrogen-bond donors (Lipinski definition) is 1. The van der Waals surface area contributed by atoms with Gasteiger partial charge in [0, 0.05) is 19.6 Å². The average molecular weight is 299 g/mol. The van der Waals surface area contributed by atoms with E-state index in [1.807, 2.05) is 18.2 Å². The molecule has 1 aliphatic heterocycles. The number of aryl methyl sites for hydroxylation is 1. The zero-order chi connectivity index (χ0) is 13.7. The molecule has 1 aromatic carbocycles. The first-order chi connectivity index (χ1) is 9.09. The molecule has 0 spiro atoms. The Morgan fingerprint density at radius 3 is 2.75 bits per heavy atom. The molecule has 0 amide bonds. The van der Waals surface area contributed by atoms with E-state index < -0.39 is 0 Å². The minimum atomic E-state index is 0. The van der Waals surface area contributed by atoms with Crippen LogP contribution in [0.1, 0.15) is 18.9 Å². The largest absolute Gasteiger partial charge is 0.492 e. The van der Waals surface area contributed by atoms with Crippen LogP contribution in [0, 0.1) is 12.3 Å². The molecule has 0 bridgehead atoms. The zero-order valence-corrected chi connectivity index (χ0v) is 13.6. The van der Waals surface area contributed by atoms with Gasteiger partial charge in [-0.1, -0.05) is 25.1 Å². The summed E-state index contributed by atoms with van der Waals surface area (Å²) in [6, 6.07) is 8.20. The van der Waals surface area contributed by atoms with Gasteiger partial charge < -0.3 is 15.0 Å². The summed E-state index contributed by atoms with van der Waals surface area (Å²) in [5, 5.41) is 3.45. The van der Waals surface area contributed by atoms with Crippen molar-refractivity contribution in [2.45, 2.75) is 20.3 Å². The quantitative estimate of drug-likeness (QED) is 0.874. The summed E-state index contributed by atoms with van der Waals surface area (Å²) in [4.78, 5) is 2.38. The first kappa shape index (κ1) is 17.3. The third kappa shape index (κ3) is 4.97. The highest BCUT2D eigenvalue weighted by atomic mass is 35.5. The van der Waals surface area contributed by atoms with E-state index in [9.17, 15) is 0 Å². The number of ether oxygens (including phenoxy) is 1. The Labute approximate surface area is 129 Å². The van der Waals surface area contributed by atoms with Crippen molar-refractivity contribution in [2.24, 2.45) is 5.41 Å². The number of para-hydroxylation sites is 1. The second-order valence-corrected chi connectivity index (χ2v) is 6.09. The van der Waals surface area contributed by atoms with E-state index in [-0.39, 0.29) is 12.4 Å². The number of hydrogen-bond acceptors (Lipinski definition) is 3. The van der Waals surface area contributed by atoms with Gasteiger partial charge in [0.05, 0.1) is 0 Å². The lowest BCUT2D eigenvalue weighted by Gasteiger charge is -2.29. The summed E-state index contributed by atoms with van der Waals surface area (Å²) in [6.07, 6.45) is 1.27. The Morgan fingerprint density at radius 2 is 2.10 bits per heavy atom. The SMILES string of the molecule is Cc1ccccc1OCCN(C)CC1(C)CCNC1.Cl. The molecular formula is C16H27ClN2O. The van der Waals surface area contributed by atoms with Gasteiger partial charge in [-0.2, -0.15) is 0 Å². The summed E-state index contributed by atoms with van der Waals surface area (Å²) in [7, 11) is 2.19. The Morgan fingerprint density at radius 1 is 1.35 bits per heavy atom. The second-order valence-electron chi connectivity index (χ2n) is 6.09. The van der Waals surface area contributed by atoms with Crippen molar-refractivity contribution in [3.63, 3.8) is 0 Å². The molecule has 114 valence electrons. The first-order valence-corrected chi connectivity index (χ1v) is 7.17. The molecule has 20 heavy (non-hydrogen) atoms. The van der Waals surface area contributed by atoms with E-state index in [1.54, 1.807) is 0 Å². The highest BCUT2D eigenvalue weighted by Gasteiger charge is 2.29. The van der Waals surface area contributed by atoms with Crippen LogP contribution in [0.5, 0.6) is 5.75 Å². The number of nitrogens with one attached hydrogen (secondary N) is 1. The maximum atomic E-state index is 5.85. The van der Waals surface area contributed by atoms with Crippen molar-refractivity contribution < 1.29 is 4.74 Å². The number of nitrogens with zero attached hydrogens (tertiary/aromatic N) is 1. The Balaban J connectivity index is 0.00000200. The number of rotatable bonds is 6. The fraction of sp³-hybridized carbons (Fsp3) is 0.625. The molecule has 1 aliphatic rings. The third-order valence-corrected chi connectivity index (χ3v) is 3.93. The fourth-order valence-electron chi connectivity index (χ4n) is 2.76. The van der Waals surface area contributed by atoms with Gasteiger partial charge in [0.25, 0.3) is 0 Å². The van der Waals surface area contributed by atoms with Crippen LogP contribution in [-0.2, 0) is 0 Å². The Hall–Kier alpha value is -0.770. The summed E-state index contributed by atoms with van der Waals surface area (Å²) in [6.45, 7) is 9.61. The monoisotopic (exact) mass is 298 g/mol. The van der Waals surface area contributed by atoms with Crippen LogP contribution in [0.3, 0.4) is 0 Å². The molecule has 0 aliphatic carbocycles. The summed E-state index contributed by atoms with van der Waals surface area (Å²) in [5.41, 5.74) is 1.63. The average Bonchev–Trinajstić information content (AvgIpc) is 2.78.